The molecule has 0 saturated carbocycles. The first-order valence-electron chi connectivity index (χ1n) is 9.92. The second-order valence-electron chi connectivity index (χ2n) is 8.17. The monoisotopic (exact) mass is 403 g/mol. The zero-order valence-corrected chi connectivity index (χ0v) is 16.9. The zero-order chi connectivity index (χ0) is 21.5. The highest BCUT2D eigenvalue weighted by molar-refractivity contribution is 6.02. The van der Waals surface area contributed by atoms with Crippen LogP contribution in [0.15, 0.2) is 48.7 Å². The largest absolute Gasteiger partial charge is 0.505 e. The Morgan fingerprint density at radius 2 is 2.10 bits per heavy atom. The molecule has 0 aliphatic carbocycles. The Hall–Kier alpha value is -3.46. The van der Waals surface area contributed by atoms with Crippen molar-refractivity contribution in [1.29, 1.82) is 5.26 Å². The van der Waals surface area contributed by atoms with Crippen LogP contribution in [0.5, 0.6) is 5.75 Å². The van der Waals surface area contributed by atoms with Gasteiger partial charge in [-0.3, -0.25) is 9.78 Å². The van der Waals surface area contributed by atoms with Gasteiger partial charge in [0.2, 0.25) is 0 Å². The number of hydrogen-bond acceptors (Lipinski definition) is 4. The molecule has 1 amide bonds. The summed E-state index contributed by atoms with van der Waals surface area (Å²) in [6.45, 7) is 3.87. The molecule has 3 aromatic rings. The van der Waals surface area contributed by atoms with Crippen molar-refractivity contribution < 1.29 is 14.3 Å². The number of fused-ring (bicyclic) bond motifs is 1. The Morgan fingerprint density at radius 1 is 1.30 bits per heavy atom. The maximum Gasteiger partial charge on any atom is 0.258 e. The molecule has 2 aromatic carbocycles. The van der Waals surface area contributed by atoms with Crippen molar-refractivity contribution in [3.05, 3.63) is 71.2 Å². The summed E-state index contributed by atoms with van der Waals surface area (Å²) in [6.07, 6.45) is 3.07. The molecule has 1 aliphatic heterocycles. The van der Waals surface area contributed by atoms with Crippen molar-refractivity contribution in [2.24, 2.45) is 0 Å². The number of aromatic hydroxyl groups is 1. The van der Waals surface area contributed by atoms with Gasteiger partial charge in [0.1, 0.15) is 11.3 Å². The number of nitrogens with zero attached hydrogens (tertiary/aromatic N) is 3. The lowest BCUT2D eigenvalue weighted by molar-refractivity contribution is 0.0732. The first-order chi connectivity index (χ1) is 14.3. The smallest absolute Gasteiger partial charge is 0.258 e. The molecular formula is C24H22FN3O2. The fraction of sp³-hybridized carbons (Fsp3) is 0.292. The highest BCUT2D eigenvalue weighted by Crippen LogP contribution is 2.37. The van der Waals surface area contributed by atoms with Crippen LogP contribution in [0.1, 0.15) is 54.2 Å². The Labute approximate surface area is 174 Å². The first kappa shape index (κ1) is 19.8. The van der Waals surface area contributed by atoms with Crippen LogP contribution in [0.2, 0.25) is 0 Å². The molecule has 6 heteroatoms. The molecule has 1 N–H and O–H groups in total. The van der Waals surface area contributed by atoms with Crippen LogP contribution >= 0.6 is 0 Å². The number of carbonyl (C=O) groups is 1. The maximum atomic E-state index is 14.8. The van der Waals surface area contributed by atoms with E-state index in [2.05, 4.69) is 11.1 Å². The minimum atomic E-state index is -0.933. The Kier molecular flexibility index (Phi) is 4.90. The summed E-state index contributed by atoms with van der Waals surface area (Å²) in [7, 11) is 0. The van der Waals surface area contributed by atoms with Crippen molar-refractivity contribution in [3.8, 4) is 11.8 Å². The van der Waals surface area contributed by atoms with E-state index in [1.807, 2.05) is 6.07 Å². The number of rotatable bonds is 3. The molecule has 1 fully saturated rings. The molecular weight excluding hydrogens is 381 g/mol. The first-order valence-corrected chi connectivity index (χ1v) is 9.92. The van der Waals surface area contributed by atoms with Crippen molar-refractivity contribution >= 4 is 16.8 Å². The van der Waals surface area contributed by atoms with Gasteiger partial charge in [0.15, 0.2) is 5.75 Å². The molecule has 0 bridgehead atoms. The van der Waals surface area contributed by atoms with Crippen LogP contribution in [0.4, 0.5) is 4.39 Å². The quantitative estimate of drug-likeness (QED) is 0.678. The Morgan fingerprint density at radius 3 is 2.83 bits per heavy atom. The van der Waals surface area contributed by atoms with E-state index in [4.69, 9.17) is 0 Å². The average Bonchev–Trinajstić information content (AvgIpc) is 3.23. The summed E-state index contributed by atoms with van der Waals surface area (Å²) in [6, 6.07) is 13.6. The zero-order valence-electron chi connectivity index (χ0n) is 16.9. The molecule has 4 rings (SSSR count). The summed E-state index contributed by atoms with van der Waals surface area (Å²) in [5.41, 5.74) is 0.665. The summed E-state index contributed by atoms with van der Waals surface area (Å²) in [4.78, 5) is 19.1. The summed E-state index contributed by atoms with van der Waals surface area (Å²) in [5, 5.41) is 20.7. The van der Waals surface area contributed by atoms with E-state index < -0.39 is 11.2 Å². The fourth-order valence-corrected chi connectivity index (χ4v) is 4.12. The minimum Gasteiger partial charge on any atom is -0.505 e. The third-order valence-corrected chi connectivity index (χ3v) is 5.82. The molecule has 1 atom stereocenters. The molecule has 0 spiro atoms. The highest BCUT2D eigenvalue weighted by atomic mass is 19.1. The van der Waals surface area contributed by atoms with E-state index in [-0.39, 0.29) is 23.3 Å². The highest BCUT2D eigenvalue weighted by Gasteiger charge is 2.33. The maximum absolute atomic E-state index is 14.8. The van der Waals surface area contributed by atoms with E-state index in [9.17, 15) is 19.6 Å². The second kappa shape index (κ2) is 7.42. The third-order valence-electron chi connectivity index (χ3n) is 5.82. The fourth-order valence-electron chi connectivity index (χ4n) is 4.12. The van der Waals surface area contributed by atoms with Gasteiger partial charge in [-0.2, -0.15) is 5.26 Å². The summed E-state index contributed by atoms with van der Waals surface area (Å²) >= 11 is 0. The SMILES string of the molecule is CC(C)(C#N)c1ccc([C@H]2CCCN2C(=O)c2ccc3cccnc3c2O)cc1F. The van der Waals surface area contributed by atoms with Crippen molar-refractivity contribution in [2.45, 2.75) is 38.1 Å². The molecule has 30 heavy (non-hydrogen) atoms. The topological polar surface area (TPSA) is 77.2 Å². The number of benzene rings is 2. The lowest BCUT2D eigenvalue weighted by Gasteiger charge is -2.26. The third kappa shape index (κ3) is 3.26. The number of pyridine rings is 1. The van der Waals surface area contributed by atoms with Gasteiger partial charge in [-0.1, -0.05) is 24.3 Å². The Balaban J connectivity index is 1.68. The van der Waals surface area contributed by atoms with Crippen LogP contribution in [-0.4, -0.2) is 27.4 Å². The van der Waals surface area contributed by atoms with E-state index in [0.29, 0.717) is 29.6 Å². The van der Waals surface area contributed by atoms with E-state index >= 15 is 0 Å². The van der Waals surface area contributed by atoms with Gasteiger partial charge in [0.05, 0.1) is 23.1 Å². The van der Waals surface area contributed by atoms with Crippen molar-refractivity contribution in [1.82, 2.24) is 9.88 Å². The second-order valence-corrected chi connectivity index (χ2v) is 8.17. The number of hydrogen-bond donors (Lipinski definition) is 1. The number of carbonyl (C=O) groups excluding carboxylic acids is 1. The van der Waals surface area contributed by atoms with Gasteiger partial charge in [0.25, 0.3) is 5.91 Å². The van der Waals surface area contributed by atoms with Gasteiger partial charge in [-0.05, 0) is 50.5 Å². The number of phenolic OH excluding ortho intramolecular Hbond substituents is 1. The van der Waals surface area contributed by atoms with Crippen LogP contribution in [0.3, 0.4) is 0 Å². The van der Waals surface area contributed by atoms with Gasteiger partial charge in [0, 0.05) is 23.7 Å². The van der Waals surface area contributed by atoms with Crippen LogP contribution in [0, 0.1) is 17.1 Å². The predicted octanol–water partition coefficient (Wildman–Crippen LogP) is 4.86. The number of likely N-dealkylation sites (tertiary alicyclic amines) is 1. The molecule has 5 nitrogen and oxygen atoms in total. The Bertz CT molecular complexity index is 1180. The van der Waals surface area contributed by atoms with E-state index in [1.165, 1.54) is 6.07 Å². The normalized spacial score (nSPS) is 16.6. The summed E-state index contributed by atoms with van der Waals surface area (Å²) in [5.74, 6) is -0.887. The number of aromatic nitrogens is 1. The number of amides is 1. The van der Waals surface area contributed by atoms with Gasteiger partial charge in [-0.15, -0.1) is 0 Å². The molecule has 1 aromatic heterocycles. The lowest BCUT2D eigenvalue weighted by atomic mass is 9.85. The molecule has 0 radical (unpaired) electrons. The predicted molar refractivity (Wildman–Crippen MR) is 111 cm³/mol. The van der Waals surface area contributed by atoms with Crippen LogP contribution < -0.4 is 0 Å². The van der Waals surface area contributed by atoms with Crippen molar-refractivity contribution in [3.63, 3.8) is 0 Å². The number of halogens is 1. The average molecular weight is 403 g/mol. The molecule has 0 unspecified atom stereocenters. The van der Waals surface area contributed by atoms with Gasteiger partial charge in [-0.25, -0.2) is 4.39 Å². The molecule has 152 valence electrons. The molecule has 2 heterocycles. The lowest BCUT2D eigenvalue weighted by Crippen LogP contribution is -2.30. The number of nitriles is 1. The van der Waals surface area contributed by atoms with Crippen LogP contribution in [-0.2, 0) is 5.41 Å². The van der Waals surface area contributed by atoms with E-state index in [1.54, 1.807) is 55.3 Å². The van der Waals surface area contributed by atoms with Gasteiger partial charge >= 0.3 is 0 Å². The minimum absolute atomic E-state index is 0.138. The molecule has 1 saturated heterocycles. The molecule has 1 aliphatic rings. The number of phenols is 1. The van der Waals surface area contributed by atoms with Crippen LogP contribution in [0.25, 0.3) is 10.9 Å². The standard InChI is InChI=1S/C24H22FN3O2/c1-24(2,14-26)18-10-8-16(13-19(18)25)20-6-4-12-28(20)23(30)17-9-7-15-5-3-11-27-21(15)22(17)29/h3,5,7-11,13,20,29H,4,6,12H2,1-2H3/t20-/m1/s1. The van der Waals surface area contributed by atoms with Gasteiger partial charge < -0.3 is 10.0 Å². The van der Waals surface area contributed by atoms with E-state index in [0.717, 1.165) is 11.8 Å². The van der Waals surface area contributed by atoms with Crippen molar-refractivity contribution in [2.75, 3.05) is 6.54 Å². The summed E-state index contributed by atoms with van der Waals surface area (Å²) < 4.78 is 14.8.